The van der Waals surface area contributed by atoms with E-state index in [0.29, 0.717) is 0 Å². The number of nitrogens with zero attached hydrogens (tertiary/aromatic N) is 1. The Morgan fingerprint density at radius 1 is 1.07 bits per heavy atom. The van der Waals surface area contributed by atoms with Crippen molar-refractivity contribution in [1.82, 2.24) is 4.90 Å². The van der Waals surface area contributed by atoms with Crippen molar-refractivity contribution in [2.24, 2.45) is 17.6 Å². The molecule has 1 aliphatic heterocycles. The Hall–Kier alpha value is -0.120. The highest BCUT2D eigenvalue weighted by molar-refractivity contribution is 4.73. The zero-order valence-electron chi connectivity index (χ0n) is 8.95. The number of ether oxygens (including phenoxy) is 1. The third-order valence-electron chi connectivity index (χ3n) is 3.36. The lowest BCUT2D eigenvalue weighted by atomic mass is 9.98. The predicted octanol–water partition coefficient (Wildman–Crippen LogP) is 1.04. The summed E-state index contributed by atoms with van der Waals surface area (Å²) in [6.45, 7) is 5.03. The van der Waals surface area contributed by atoms with Crippen LogP contribution in [0.2, 0.25) is 0 Å². The van der Waals surface area contributed by atoms with E-state index in [2.05, 4.69) is 4.90 Å². The van der Waals surface area contributed by atoms with Gasteiger partial charge in [0.05, 0.1) is 13.3 Å². The largest absolute Gasteiger partial charge is 0.366 e. The van der Waals surface area contributed by atoms with E-state index >= 15 is 0 Å². The normalized spacial score (nSPS) is 25.5. The molecule has 2 aliphatic rings. The van der Waals surface area contributed by atoms with Crippen LogP contribution in [-0.2, 0) is 4.74 Å². The molecule has 1 saturated carbocycles. The van der Waals surface area contributed by atoms with Crippen LogP contribution < -0.4 is 5.73 Å². The van der Waals surface area contributed by atoms with Gasteiger partial charge in [0, 0.05) is 13.1 Å². The average molecular weight is 198 g/mol. The average Bonchev–Trinajstić information content (AvgIpc) is 3.03. The lowest BCUT2D eigenvalue weighted by Gasteiger charge is -2.30. The first kappa shape index (κ1) is 10.4. The molecule has 14 heavy (non-hydrogen) atoms. The molecular weight excluding hydrogens is 176 g/mol. The Balaban J connectivity index is 1.53. The van der Waals surface area contributed by atoms with Crippen molar-refractivity contribution in [2.45, 2.75) is 25.7 Å². The predicted molar refractivity (Wildman–Crippen MR) is 56.9 cm³/mol. The lowest BCUT2D eigenvalue weighted by molar-refractivity contribution is 0.00705. The maximum Gasteiger partial charge on any atom is 0.0990 e. The van der Waals surface area contributed by atoms with E-state index in [1.165, 1.54) is 38.8 Å². The fourth-order valence-corrected chi connectivity index (χ4v) is 1.98. The van der Waals surface area contributed by atoms with E-state index in [9.17, 15) is 0 Å². The molecule has 1 heterocycles. The minimum absolute atomic E-state index is 0.759. The highest BCUT2D eigenvalue weighted by atomic mass is 16.5. The van der Waals surface area contributed by atoms with Gasteiger partial charge in [-0.15, -0.1) is 0 Å². The molecule has 1 saturated heterocycles. The summed E-state index contributed by atoms with van der Waals surface area (Å²) in [6.07, 6.45) is 5.27. The molecule has 2 rings (SSSR count). The second-order valence-corrected chi connectivity index (χ2v) is 4.74. The monoisotopic (exact) mass is 198 g/mol. The Morgan fingerprint density at radius 2 is 1.79 bits per heavy atom. The quantitative estimate of drug-likeness (QED) is 0.717. The lowest BCUT2D eigenvalue weighted by Crippen LogP contribution is -2.37. The van der Waals surface area contributed by atoms with Crippen molar-refractivity contribution in [3.05, 3.63) is 0 Å². The first-order chi connectivity index (χ1) is 6.88. The van der Waals surface area contributed by atoms with Crippen LogP contribution in [0.15, 0.2) is 0 Å². The van der Waals surface area contributed by atoms with E-state index in [4.69, 9.17) is 10.5 Å². The zero-order valence-corrected chi connectivity index (χ0v) is 8.95. The summed E-state index contributed by atoms with van der Waals surface area (Å²) in [5.74, 6) is 1.64. The molecule has 0 aromatic carbocycles. The van der Waals surface area contributed by atoms with Crippen molar-refractivity contribution < 1.29 is 4.74 Å². The van der Waals surface area contributed by atoms with Crippen LogP contribution in [0.25, 0.3) is 0 Å². The minimum atomic E-state index is 0.759. The molecular formula is C11H22N2O. The Bertz CT molecular complexity index is 163. The molecule has 2 N–H and O–H groups in total. The van der Waals surface area contributed by atoms with Gasteiger partial charge in [-0.1, -0.05) is 0 Å². The Morgan fingerprint density at radius 3 is 2.36 bits per heavy atom. The van der Waals surface area contributed by atoms with Crippen molar-refractivity contribution >= 4 is 0 Å². The molecule has 3 heteroatoms. The fraction of sp³-hybridized carbons (Fsp3) is 1.00. The molecule has 82 valence electrons. The van der Waals surface area contributed by atoms with Crippen LogP contribution in [0, 0.1) is 11.8 Å². The topological polar surface area (TPSA) is 38.5 Å². The van der Waals surface area contributed by atoms with Crippen molar-refractivity contribution in [3.63, 3.8) is 0 Å². The minimum Gasteiger partial charge on any atom is -0.366 e. The second kappa shape index (κ2) is 5.10. The molecule has 1 aliphatic carbocycles. The summed E-state index contributed by atoms with van der Waals surface area (Å²) in [4.78, 5) is 2.41. The van der Waals surface area contributed by atoms with Crippen LogP contribution in [0.4, 0.5) is 0 Å². The summed E-state index contributed by atoms with van der Waals surface area (Å²) in [7, 11) is 0. The maximum atomic E-state index is 5.66. The van der Waals surface area contributed by atoms with Gasteiger partial charge < -0.3 is 10.5 Å². The molecule has 0 aromatic rings. The number of rotatable bonds is 5. The molecule has 0 radical (unpaired) electrons. The highest BCUT2D eigenvalue weighted by Crippen LogP contribution is 2.28. The van der Waals surface area contributed by atoms with Crippen LogP contribution in [0.3, 0.4) is 0 Å². The number of nitrogens with two attached hydrogens (primary N) is 1. The summed E-state index contributed by atoms with van der Waals surface area (Å²) in [5, 5.41) is 0. The number of likely N-dealkylation sites (tertiary alicyclic amines) is 1. The summed E-state index contributed by atoms with van der Waals surface area (Å²) in [5.41, 5.74) is 5.65. The molecule has 2 fully saturated rings. The maximum absolute atomic E-state index is 5.66. The second-order valence-electron chi connectivity index (χ2n) is 4.74. The first-order valence-electron chi connectivity index (χ1n) is 5.88. The van der Waals surface area contributed by atoms with Gasteiger partial charge in [-0.2, -0.15) is 0 Å². The number of hydrogen-bond acceptors (Lipinski definition) is 3. The van der Waals surface area contributed by atoms with Gasteiger partial charge >= 0.3 is 0 Å². The molecule has 0 bridgehead atoms. The van der Waals surface area contributed by atoms with E-state index in [-0.39, 0.29) is 0 Å². The molecule has 0 aromatic heterocycles. The van der Waals surface area contributed by atoms with Gasteiger partial charge in [0.2, 0.25) is 0 Å². The molecule has 0 amide bonds. The zero-order chi connectivity index (χ0) is 9.80. The van der Waals surface area contributed by atoms with Gasteiger partial charge in [-0.3, -0.25) is 4.90 Å². The van der Waals surface area contributed by atoms with Crippen molar-refractivity contribution in [3.8, 4) is 0 Å². The van der Waals surface area contributed by atoms with Gasteiger partial charge in [0.1, 0.15) is 0 Å². The molecule has 0 spiro atoms. The Labute approximate surface area is 86.6 Å². The summed E-state index contributed by atoms with van der Waals surface area (Å²) < 4.78 is 5.66. The standard InChI is InChI=1S/C11H22N2O/c12-7-10-3-5-13(6-4-10)9-14-8-11-1-2-11/h10-11H,1-9,12H2. The van der Waals surface area contributed by atoms with Crippen LogP contribution in [-0.4, -0.2) is 37.9 Å². The number of hydrogen-bond donors (Lipinski definition) is 1. The van der Waals surface area contributed by atoms with Crippen LogP contribution in [0.5, 0.6) is 0 Å². The van der Waals surface area contributed by atoms with Crippen molar-refractivity contribution in [1.29, 1.82) is 0 Å². The fourth-order valence-electron chi connectivity index (χ4n) is 1.98. The summed E-state index contributed by atoms with van der Waals surface area (Å²) in [6, 6.07) is 0. The highest BCUT2D eigenvalue weighted by Gasteiger charge is 2.22. The van der Waals surface area contributed by atoms with Gasteiger partial charge in [-0.05, 0) is 44.1 Å². The molecule has 0 atom stereocenters. The molecule has 0 unspecified atom stereocenters. The van der Waals surface area contributed by atoms with Crippen LogP contribution >= 0.6 is 0 Å². The number of piperidine rings is 1. The summed E-state index contributed by atoms with van der Waals surface area (Å²) >= 11 is 0. The molecule has 3 nitrogen and oxygen atoms in total. The SMILES string of the molecule is NCC1CCN(COCC2CC2)CC1. The van der Waals surface area contributed by atoms with Crippen LogP contribution in [0.1, 0.15) is 25.7 Å². The van der Waals surface area contributed by atoms with E-state index in [1.54, 1.807) is 0 Å². The van der Waals surface area contributed by atoms with E-state index < -0.39 is 0 Å². The first-order valence-corrected chi connectivity index (χ1v) is 5.88. The van der Waals surface area contributed by atoms with Crippen molar-refractivity contribution in [2.75, 3.05) is 33.0 Å². The third kappa shape index (κ3) is 3.23. The van der Waals surface area contributed by atoms with E-state index in [1.807, 2.05) is 0 Å². The van der Waals surface area contributed by atoms with Gasteiger partial charge in [-0.25, -0.2) is 0 Å². The smallest absolute Gasteiger partial charge is 0.0990 e. The van der Waals surface area contributed by atoms with E-state index in [0.717, 1.165) is 31.7 Å². The van der Waals surface area contributed by atoms with Gasteiger partial charge in [0.25, 0.3) is 0 Å². The third-order valence-corrected chi connectivity index (χ3v) is 3.36. The van der Waals surface area contributed by atoms with Gasteiger partial charge in [0.15, 0.2) is 0 Å². The Kier molecular flexibility index (Phi) is 3.79.